The number of pyridine rings is 1. The van der Waals surface area contributed by atoms with Crippen molar-refractivity contribution in [1.82, 2.24) is 4.98 Å². The monoisotopic (exact) mass is 304 g/mol. The van der Waals surface area contributed by atoms with E-state index in [1.807, 2.05) is 0 Å². The number of nitrogens with zero attached hydrogens (tertiary/aromatic N) is 1. The van der Waals surface area contributed by atoms with Gasteiger partial charge in [0.05, 0.1) is 29.8 Å². The number of aromatic nitrogens is 1. The van der Waals surface area contributed by atoms with Crippen molar-refractivity contribution in [3.63, 3.8) is 0 Å². The topological polar surface area (TPSA) is 99.3 Å². The second-order valence-corrected chi connectivity index (χ2v) is 7.16. The maximum Gasteiger partial charge on any atom is 0.340 e. The summed E-state index contributed by atoms with van der Waals surface area (Å²) < 4.78 is 27.0. The van der Waals surface area contributed by atoms with Gasteiger partial charge in [0.2, 0.25) is 0 Å². The molecule has 0 fully saturated rings. The summed E-state index contributed by atoms with van der Waals surface area (Å²) in [5.74, 6) is -0.169. The Bertz CT molecular complexity index is 558. The molecule has 0 radical (unpaired) electrons. The normalized spacial score (nSPS) is 11.3. The summed E-state index contributed by atoms with van der Waals surface area (Å²) in [6, 6.07) is 1.48. The smallest absolute Gasteiger partial charge is 0.340 e. The number of nitrogens with two attached hydrogens (primary N) is 1. The van der Waals surface area contributed by atoms with E-state index in [-0.39, 0.29) is 17.9 Å². The van der Waals surface area contributed by atoms with Crippen molar-refractivity contribution in [2.75, 3.05) is 30.1 Å². The molecule has 0 amide bonds. The quantitative estimate of drug-likeness (QED) is 0.617. The molecule has 0 atom stereocenters. The van der Waals surface area contributed by atoms with Gasteiger partial charge >= 0.3 is 5.97 Å². The van der Waals surface area contributed by atoms with E-state index in [1.165, 1.54) is 24.0 Å². The van der Waals surface area contributed by atoms with Crippen LogP contribution in [0.1, 0.15) is 17.3 Å². The Balaban J connectivity index is 2.85. The molecule has 2 N–H and O–H groups in total. The van der Waals surface area contributed by atoms with Crippen LogP contribution in [-0.2, 0) is 14.6 Å². The van der Waals surface area contributed by atoms with Crippen molar-refractivity contribution >= 4 is 33.3 Å². The molecular formula is C11H16N2O4S2. The fraction of sp³-hybridized carbons (Fsp3) is 0.455. The van der Waals surface area contributed by atoms with E-state index in [4.69, 9.17) is 10.5 Å². The Kier molecular flexibility index (Phi) is 5.61. The summed E-state index contributed by atoms with van der Waals surface area (Å²) >= 11 is 1.19. The zero-order chi connectivity index (χ0) is 14.5. The van der Waals surface area contributed by atoms with E-state index >= 15 is 0 Å². The average Bonchev–Trinajstić information content (AvgIpc) is 2.29. The third-order valence-electron chi connectivity index (χ3n) is 2.06. The highest BCUT2D eigenvalue weighted by Gasteiger charge is 2.15. The molecule has 0 bridgehead atoms. The average molecular weight is 304 g/mol. The van der Waals surface area contributed by atoms with Crippen molar-refractivity contribution in [3.8, 4) is 0 Å². The van der Waals surface area contributed by atoms with Crippen LogP contribution < -0.4 is 5.73 Å². The lowest BCUT2D eigenvalue weighted by molar-refractivity contribution is 0.0521. The van der Waals surface area contributed by atoms with Gasteiger partial charge in [-0.05, 0) is 13.0 Å². The second kappa shape index (κ2) is 6.76. The highest BCUT2D eigenvalue weighted by atomic mass is 32.2. The van der Waals surface area contributed by atoms with Crippen molar-refractivity contribution in [3.05, 3.63) is 17.8 Å². The molecule has 0 spiro atoms. The number of esters is 1. The lowest BCUT2D eigenvalue weighted by Crippen LogP contribution is -2.10. The number of sulfone groups is 1. The van der Waals surface area contributed by atoms with Crippen LogP contribution >= 0.6 is 11.8 Å². The van der Waals surface area contributed by atoms with Crippen LogP contribution in [0.3, 0.4) is 0 Å². The summed E-state index contributed by atoms with van der Waals surface area (Å²) in [7, 11) is -3.04. The molecule has 0 aliphatic heterocycles. The number of carbonyl (C=O) groups is 1. The fourth-order valence-corrected chi connectivity index (χ4v) is 3.39. The molecule has 1 rings (SSSR count). The molecule has 0 aromatic carbocycles. The van der Waals surface area contributed by atoms with Gasteiger partial charge in [-0.15, -0.1) is 11.8 Å². The van der Waals surface area contributed by atoms with Crippen LogP contribution in [0, 0.1) is 0 Å². The number of hydrogen-bond donors (Lipinski definition) is 1. The molecule has 1 aromatic heterocycles. The van der Waals surface area contributed by atoms with E-state index < -0.39 is 15.8 Å². The predicted molar refractivity (Wildman–Crippen MR) is 75.0 cm³/mol. The lowest BCUT2D eigenvalue weighted by Gasteiger charge is -2.08. The number of nitrogen functional groups attached to an aromatic ring is 1. The van der Waals surface area contributed by atoms with Gasteiger partial charge in [-0.1, -0.05) is 0 Å². The van der Waals surface area contributed by atoms with Gasteiger partial charge in [0.25, 0.3) is 0 Å². The van der Waals surface area contributed by atoms with Gasteiger partial charge in [-0.3, -0.25) is 0 Å². The van der Waals surface area contributed by atoms with Crippen molar-refractivity contribution < 1.29 is 17.9 Å². The minimum atomic E-state index is -3.04. The van der Waals surface area contributed by atoms with E-state index in [9.17, 15) is 13.2 Å². The molecule has 0 aliphatic carbocycles. The van der Waals surface area contributed by atoms with Gasteiger partial charge < -0.3 is 10.5 Å². The Morgan fingerprint density at radius 1 is 1.53 bits per heavy atom. The van der Waals surface area contributed by atoms with Gasteiger partial charge in [-0.25, -0.2) is 18.2 Å². The maximum atomic E-state index is 11.7. The van der Waals surface area contributed by atoms with Crippen LogP contribution in [0.25, 0.3) is 0 Å². The number of hydrogen-bond acceptors (Lipinski definition) is 7. The molecule has 8 heteroatoms. The molecule has 0 saturated carbocycles. The molecule has 6 nitrogen and oxygen atoms in total. The van der Waals surface area contributed by atoms with Gasteiger partial charge in [-0.2, -0.15) is 0 Å². The lowest BCUT2D eigenvalue weighted by atomic mass is 10.3. The van der Waals surface area contributed by atoms with Crippen LogP contribution in [0.2, 0.25) is 0 Å². The third kappa shape index (κ3) is 5.48. The van der Waals surface area contributed by atoms with Crippen molar-refractivity contribution in [2.45, 2.75) is 11.9 Å². The van der Waals surface area contributed by atoms with Crippen LogP contribution in [0.5, 0.6) is 0 Å². The highest BCUT2D eigenvalue weighted by Crippen LogP contribution is 2.23. The largest absolute Gasteiger partial charge is 0.462 e. The molecule has 19 heavy (non-hydrogen) atoms. The van der Waals surface area contributed by atoms with E-state index in [0.717, 1.165) is 6.26 Å². The zero-order valence-corrected chi connectivity index (χ0v) is 12.4. The van der Waals surface area contributed by atoms with Crippen molar-refractivity contribution in [1.29, 1.82) is 0 Å². The molecule has 1 heterocycles. The van der Waals surface area contributed by atoms with E-state index in [0.29, 0.717) is 16.5 Å². The number of ether oxygens (including phenoxy) is 1. The van der Waals surface area contributed by atoms with E-state index in [1.54, 1.807) is 6.92 Å². The Morgan fingerprint density at radius 2 is 2.21 bits per heavy atom. The van der Waals surface area contributed by atoms with E-state index in [2.05, 4.69) is 4.98 Å². The Morgan fingerprint density at radius 3 is 2.79 bits per heavy atom. The molecule has 106 valence electrons. The summed E-state index contributed by atoms with van der Waals surface area (Å²) in [6.45, 7) is 1.95. The van der Waals surface area contributed by atoms with Gasteiger partial charge in [0.1, 0.15) is 14.9 Å². The first-order chi connectivity index (χ1) is 8.83. The summed E-state index contributed by atoms with van der Waals surface area (Å²) in [5.41, 5.74) is 6.21. The number of anilines is 1. The highest BCUT2D eigenvalue weighted by molar-refractivity contribution is 8.00. The first kappa shape index (κ1) is 15.8. The van der Waals surface area contributed by atoms with Gasteiger partial charge in [0.15, 0.2) is 0 Å². The third-order valence-corrected chi connectivity index (χ3v) is 4.27. The molecule has 0 saturated heterocycles. The summed E-state index contributed by atoms with van der Waals surface area (Å²) in [4.78, 5) is 15.8. The van der Waals surface area contributed by atoms with Crippen LogP contribution in [-0.4, -0.2) is 43.7 Å². The summed E-state index contributed by atoms with van der Waals surface area (Å²) in [5, 5.41) is 0.427. The first-order valence-electron chi connectivity index (χ1n) is 5.56. The maximum absolute atomic E-state index is 11.7. The Hall–Kier alpha value is -1.28. The number of carbonyl (C=O) groups excluding carboxylic acids is 1. The van der Waals surface area contributed by atoms with Crippen LogP contribution in [0.15, 0.2) is 17.3 Å². The number of thioether (sulfide) groups is 1. The van der Waals surface area contributed by atoms with Gasteiger partial charge in [0, 0.05) is 12.0 Å². The molecule has 0 unspecified atom stereocenters. The minimum absolute atomic E-state index is 0.0198. The number of rotatable bonds is 6. The standard InChI is InChI=1S/C11H16N2O4S2/c1-3-17-11(14)9-6-8(12)7-13-10(9)18-4-5-19(2,15)16/h6-7H,3-5,12H2,1-2H3. The van der Waals surface area contributed by atoms with Crippen molar-refractivity contribution in [2.24, 2.45) is 0 Å². The zero-order valence-electron chi connectivity index (χ0n) is 10.8. The fourth-order valence-electron chi connectivity index (χ4n) is 1.23. The molecule has 1 aromatic rings. The molecule has 0 aliphatic rings. The SMILES string of the molecule is CCOC(=O)c1cc(N)cnc1SCCS(C)(=O)=O. The van der Waals surface area contributed by atoms with Crippen LogP contribution in [0.4, 0.5) is 5.69 Å². The second-order valence-electron chi connectivity index (χ2n) is 3.82. The minimum Gasteiger partial charge on any atom is -0.462 e. The Labute approximate surface area is 116 Å². The summed E-state index contributed by atoms with van der Waals surface area (Å²) in [6.07, 6.45) is 2.59. The predicted octanol–water partition coefficient (Wildman–Crippen LogP) is 0.977. The molecular weight excluding hydrogens is 288 g/mol. The first-order valence-corrected chi connectivity index (χ1v) is 8.61.